The maximum absolute atomic E-state index is 12.2. The third kappa shape index (κ3) is 2.11. The zero-order valence-electron chi connectivity index (χ0n) is 10.7. The van der Waals surface area contributed by atoms with E-state index in [2.05, 4.69) is 11.4 Å². The van der Waals surface area contributed by atoms with Gasteiger partial charge in [-0.25, -0.2) is 0 Å². The molecule has 1 unspecified atom stereocenters. The van der Waals surface area contributed by atoms with Crippen LogP contribution in [0.25, 0.3) is 0 Å². The van der Waals surface area contributed by atoms with Crippen LogP contribution in [0, 0.1) is 5.41 Å². The summed E-state index contributed by atoms with van der Waals surface area (Å²) in [6, 6.07) is 7.99. The number of carboxylic acid groups (broad SMARTS) is 1. The van der Waals surface area contributed by atoms with Gasteiger partial charge in [0.15, 0.2) is 0 Å². The van der Waals surface area contributed by atoms with Gasteiger partial charge in [-0.15, -0.1) is 0 Å². The Labute approximate surface area is 111 Å². The van der Waals surface area contributed by atoms with Crippen molar-refractivity contribution in [1.82, 2.24) is 5.32 Å². The van der Waals surface area contributed by atoms with Crippen molar-refractivity contribution in [2.45, 2.75) is 31.6 Å². The van der Waals surface area contributed by atoms with Gasteiger partial charge < -0.3 is 10.4 Å². The molecule has 2 aliphatic rings. The first-order chi connectivity index (χ1) is 9.12. The van der Waals surface area contributed by atoms with Crippen LogP contribution in [0.4, 0.5) is 0 Å². The predicted octanol–water partition coefficient (Wildman–Crippen LogP) is 1.70. The topological polar surface area (TPSA) is 66.4 Å². The van der Waals surface area contributed by atoms with E-state index in [0.29, 0.717) is 12.8 Å². The molecule has 0 spiro atoms. The van der Waals surface area contributed by atoms with Crippen molar-refractivity contribution in [2.24, 2.45) is 5.41 Å². The molecule has 1 atom stereocenters. The molecule has 4 heteroatoms. The molecule has 0 saturated heterocycles. The minimum absolute atomic E-state index is 0.0301. The van der Waals surface area contributed by atoms with E-state index in [1.54, 1.807) is 0 Å². The number of carboxylic acids is 1. The monoisotopic (exact) mass is 259 g/mol. The summed E-state index contributed by atoms with van der Waals surface area (Å²) in [5, 5.41) is 11.9. The van der Waals surface area contributed by atoms with E-state index in [1.165, 1.54) is 5.56 Å². The Balaban J connectivity index is 1.65. The average Bonchev–Trinajstić information content (AvgIpc) is 3.09. The lowest BCUT2D eigenvalue weighted by atomic mass is 10.00. The van der Waals surface area contributed by atoms with E-state index in [9.17, 15) is 9.59 Å². The van der Waals surface area contributed by atoms with Crippen molar-refractivity contribution >= 4 is 11.9 Å². The van der Waals surface area contributed by atoms with Crippen molar-refractivity contribution < 1.29 is 14.7 Å². The molecule has 1 saturated carbocycles. The van der Waals surface area contributed by atoms with Gasteiger partial charge in [0.25, 0.3) is 0 Å². The van der Waals surface area contributed by atoms with Crippen molar-refractivity contribution in [3.63, 3.8) is 0 Å². The van der Waals surface area contributed by atoms with Gasteiger partial charge in [-0.1, -0.05) is 24.3 Å². The van der Waals surface area contributed by atoms with Gasteiger partial charge in [-0.2, -0.15) is 0 Å². The highest BCUT2D eigenvalue weighted by molar-refractivity contribution is 5.86. The van der Waals surface area contributed by atoms with E-state index in [4.69, 9.17) is 5.11 Å². The third-order valence-electron chi connectivity index (χ3n) is 4.36. The smallest absolute Gasteiger partial charge is 0.311 e. The fraction of sp³-hybridized carbons (Fsp3) is 0.467. The van der Waals surface area contributed by atoms with Crippen LogP contribution >= 0.6 is 0 Å². The molecular formula is C15H17NO3. The Morgan fingerprint density at radius 3 is 2.74 bits per heavy atom. The van der Waals surface area contributed by atoms with E-state index >= 15 is 0 Å². The van der Waals surface area contributed by atoms with Crippen molar-refractivity contribution in [3.05, 3.63) is 35.4 Å². The van der Waals surface area contributed by atoms with Crippen LogP contribution in [0.15, 0.2) is 24.3 Å². The van der Waals surface area contributed by atoms with Gasteiger partial charge in [-0.05, 0) is 36.8 Å². The minimum Gasteiger partial charge on any atom is -0.481 e. The molecule has 1 amide bonds. The number of carbonyl (C=O) groups is 2. The highest BCUT2D eigenvalue weighted by atomic mass is 16.4. The molecule has 1 aromatic rings. The highest BCUT2D eigenvalue weighted by Gasteiger charge is 2.50. The van der Waals surface area contributed by atoms with Gasteiger partial charge in [0, 0.05) is 6.54 Å². The van der Waals surface area contributed by atoms with Gasteiger partial charge >= 0.3 is 5.97 Å². The molecule has 4 nitrogen and oxygen atoms in total. The molecule has 0 heterocycles. The van der Waals surface area contributed by atoms with Gasteiger partial charge in [-0.3, -0.25) is 9.59 Å². The second-order valence-electron chi connectivity index (χ2n) is 5.59. The lowest BCUT2D eigenvalue weighted by Gasteiger charge is -2.15. The Hall–Kier alpha value is -1.84. The van der Waals surface area contributed by atoms with Crippen LogP contribution in [0.1, 0.15) is 36.3 Å². The molecule has 1 fully saturated rings. The SMILES string of the molecule is O=C(NCC1(C(=O)O)CC1)C1CCc2ccccc21. The van der Waals surface area contributed by atoms with Crippen LogP contribution in [0.5, 0.6) is 0 Å². The number of carbonyl (C=O) groups excluding carboxylic acids is 1. The maximum atomic E-state index is 12.2. The number of aliphatic carboxylic acids is 1. The predicted molar refractivity (Wildman–Crippen MR) is 69.8 cm³/mol. The summed E-state index contributed by atoms with van der Waals surface area (Å²) in [5.41, 5.74) is 1.65. The number of aryl methyl sites for hydroxylation is 1. The van der Waals surface area contributed by atoms with Gasteiger partial charge in [0.1, 0.15) is 0 Å². The van der Waals surface area contributed by atoms with Crippen LogP contribution in [0.3, 0.4) is 0 Å². The fourth-order valence-corrected chi connectivity index (χ4v) is 2.83. The lowest BCUT2D eigenvalue weighted by Crippen LogP contribution is -2.36. The van der Waals surface area contributed by atoms with Crippen LogP contribution in [-0.2, 0) is 16.0 Å². The summed E-state index contributed by atoms with van der Waals surface area (Å²) in [6.45, 7) is 0.264. The minimum atomic E-state index is -0.792. The number of rotatable bonds is 4. The first-order valence-corrected chi connectivity index (χ1v) is 6.71. The second-order valence-corrected chi connectivity index (χ2v) is 5.59. The molecule has 2 aliphatic carbocycles. The van der Waals surface area contributed by atoms with E-state index in [1.807, 2.05) is 18.2 Å². The molecule has 0 radical (unpaired) electrons. The quantitative estimate of drug-likeness (QED) is 0.864. The zero-order chi connectivity index (χ0) is 13.5. The Kier molecular flexibility index (Phi) is 2.81. The second kappa shape index (κ2) is 4.37. The number of hydrogen-bond acceptors (Lipinski definition) is 2. The van der Waals surface area contributed by atoms with E-state index < -0.39 is 11.4 Å². The van der Waals surface area contributed by atoms with Gasteiger partial charge in [0.05, 0.1) is 11.3 Å². The first kappa shape index (κ1) is 12.2. The van der Waals surface area contributed by atoms with E-state index in [-0.39, 0.29) is 18.4 Å². The van der Waals surface area contributed by atoms with Crippen LogP contribution < -0.4 is 5.32 Å². The summed E-state index contributed by atoms with van der Waals surface area (Å²) < 4.78 is 0. The average molecular weight is 259 g/mol. The van der Waals surface area contributed by atoms with E-state index in [0.717, 1.165) is 18.4 Å². The van der Waals surface area contributed by atoms with Crippen molar-refractivity contribution in [2.75, 3.05) is 6.54 Å². The number of hydrogen-bond donors (Lipinski definition) is 2. The molecule has 0 bridgehead atoms. The highest BCUT2D eigenvalue weighted by Crippen LogP contribution is 2.45. The summed E-state index contributed by atoms with van der Waals surface area (Å²) in [5.74, 6) is -0.933. The van der Waals surface area contributed by atoms with Gasteiger partial charge in [0.2, 0.25) is 5.91 Å². The molecule has 2 N–H and O–H groups in total. The Bertz CT molecular complexity index is 534. The first-order valence-electron chi connectivity index (χ1n) is 6.71. The lowest BCUT2D eigenvalue weighted by molar-refractivity contribution is -0.143. The summed E-state index contributed by atoms with van der Waals surface area (Å²) in [7, 11) is 0. The number of amides is 1. The standard InChI is InChI=1S/C15H17NO3/c17-13(16-9-15(7-8-15)14(18)19)12-6-5-10-3-1-2-4-11(10)12/h1-4,12H,5-9H2,(H,16,17)(H,18,19). The van der Waals surface area contributed by atoms with Crippen molar-refractivity contribution in [1.29, 1.82) is 0 Å². The summed E-state index contributed by atoms with van der Waals surface area (Å²) in [6.07, 6.45) is 3.09. The Morgan fingerprint density at radius 1 is 1.32 bits per heavy atom. The van der Waals surface area contributed by atoms with Crippen molar-refractivity contribution in [3.8, 4) is 0 Å². The van der Waals surface area contributed by atoms with Crippen LogP contribution in [0.2, 0.25) is 0 Å². The normalized spacial score (nSPS) is 22.6. The third-order valence-corrected chi connectivity index (χ3v) is 4.36. The number of benzene rings is 1. The summed E-state index contributed by atoms with van der Waals surface area (Å²) >= 11 is 0. The maximum Gasteiger partial charge on any atom is 0.311 e. The molecule has 0 aromatic heterocycles. The molecule has 3 rings (SSSR count). The zero-order valence-corrected chi connectivity index (χ0v) is 10.7. The number of nitrogens with one attached hydrogen (secondary N) is 1. The van der Waals surface area contributed by atoms with Crippen LogP contribution in [-0.4, -0.2) is 23.5 Å². The molecule has 1 aromatic carbocycles. The largest absolute Gasteiger partial charge is 0.481 e. The molecule has 0 aliphatic heterocycles. The fourth-order valence-electron chi connectivity index (χ4n) is 2.83. The molecule has 100 valence electrons. The summed E-state index contributed by atoms with van der Waals surface area (Å²) in [4.78, 5) is 23.3. The molecule has 19 heavy (non-hydrogen) atoms. The molecular weight excluding hydrogens is 242 g/mol. The Morgan fingerprint density at radius 2 is 2.05 bits per heavy atom. The number of fused-ring (bicyclic) bond motifs is 1.